The van der Waals surface area contributed by atoms with E-state index in [0.29, 0.717) is 5.02 Å². The van der Waals surface area contributed by atoms with Crippen molar-refractivity contribution in [3.05, 3.63) is 56.9 Å². The number of benzene rings is 1. The number of aliphatic hydroxyl groups excluding tert-OH is 3. The minimum Gasteiger partial charge on any atom is -0.479 e. The van der Waals surface area contributed by atoms with Gasteiger partial charge in [-0.3, -0.25) is 0 Å². The Morgan fingerprint density at radius 1 is 1.21 bits per heavy atom. The molecule has 2 aromatic heterocycles. The summed E-state index contributed by atoms with van der Waals surface area (Å²) in [5.41, 5.74) is -1.16. The van der Waals surface area contributed by atoms with Crippen LogP contribution in [0.4, 0.5) is 13.2 Å². The van der Waals surface area contributed by atoms with Crippen LogP contribution in [0, 0.1) is 11.3 Å². The van der Waals surface area contributed by atoms with Gasteiger partial charge in [0.25, 0.3) is 0 Å². The van der Waals surface area contributed by atoms with E-state index < -0.39 is 66.3 Å². The number of hydrogen-bond donors (Lipinski definition) is 4. The lowest BCUT2D eigenvalue weighted by atomic mass is 9.98. The number of carboxylic acid groups (broad SMARTS) is 1. The molecule has 0 amide bonds. The van der Waals surface area contributed by atoms with Gasteiger partial charge in [-0.15, -0.1) is 5.10 Å². The van der Waals surface area contributed by atoms with E-state index in [9.17, 15) is 43.7 Å². The van der Waals surface area contributed by atoms with Crippen LogP contribution in [0.3, 0.4) is 0 Å². The van der Waals surface area contributed by atoms with Gasteiger partial charge in [0.15, 0.2) is 12.3 Å². The van der Waals surface area contributed by atoms with Crippen LogP contribution in [0.1, 0.15) is 23.2 Å². The number of ether oxygens (including phenoxy) is 2. The molecule has 17 heteroatoms. The number of carboxylic acids is 1. The molecule has 12 nitrogen and oxygen atoms in total. The average molecular weight is 637 g/mol. The lowest BCUT2D eigenvalue weighted by molar-refractivity contribution is -0.249. The fraction of sp³-hybridized carbons (Fsp3) is 0.364. The summed E-state index contributed by atoms with van der Waals surface area (Å²) in [6.45, 7) is -1.07. The summed E-state index contributed by atoms with van der Waals surface area (Å²) in [7, 11) is 0. The predicted molar refractivity (Wildman–Crippen MR) is 127 cm³/mol. The second-order valence-corrected chi connectivity index (χ2v) is 9.58. The van der Waals surface area contributed by atoms with Gasteiger partial charge in [0.2, 0.25) is 0 Å². The Morgan fingerprint density at radius 3 is 2.46 bits per heavy atom. The van der Waals surface area contributed by atoms with E-state index in [2.05, 4.69) is 26.2 Å². The van der Waals surface area contributed by atoms with Crippen LogP contribution in [0.25, 0.3) is 11.3 Å². The molecule has 3 aromatic rings. The molecular weight excluding hydrogens is 619 g/mol. The molecule has 0 aliphatic carbocycles. The smallest absolute Gasteiger partial charge is 0.432 e. The second kappa shape index (κ2) is 11.2. The maximum atomic E-state index is 14.0. The SMILES string of the molecule is N#Cc1c(Br)c(C(F)(F)F)n(COCc2cn(C3OC(C(=O)O)C(O)C(O)C3O)nn2)c1-c1ccc(Cl)cc1. The van der Waals surface area contributed by atoms with Gasteiger partial charge in [0, 0.05) is 5.02 Å². The summed E-state index contributed by atoms with van der Waals surface area (Å²) in [6, 6.07) is 7.62. The molecule has 4 rings (SSSR count). The molecule has 5 unspecified atom stereocenters. The normalized spacial score (nSPS) is 23.5. The summed E-state index contributed by atoms with van der Waals surface area (Å²) >= 11 is 8.78. The number of hydrogen-bond acceptors (Lipinski definition) is 9. The first kappa shape index (κ1) is 29.0. The van der Waals surface area contributed by atoms with Crippen LogP contribution in [-0.2, 0) is 33.8 Å². The Kier molecular flexibility index (Phi) is 8.33. The molecule has 4 N–H and O–H groups in total. The van der Waals surface area contributed by atoms with Crippen LogP contribution in [0.15, 0.2) is 34.9 Å². The van der Waals surface area contributed by atoms with E-state index in [1.807, 2.05) is 0 Å². The molecule has 0 spiro atoms. The molecule has 1 saturated heterocycles. The molecule has 3 heterocycles. The van der Waals surface area contributed by atoms with Crippen LogP contribution < -0.4 is 0 Å². The van der Waals surface area contributed by atoms with E-state index in [1.54, 1.807) is 6.07 Å². The van der Waals surface area contributed by atoms with Crippen molar-refractivity contribution in [2.24, 2.45) is 0 Å². The Morgan fingerprint density at radius 2 is 1.87 bits per heavy atom. The van der Waals surface area contributed by atoms with Crippen molar-refractivity contribution in [2.75, 3.05) is 0 Å². The van der Waals surface area contributed by atoms with Crippen LogP contribution in [0.2, 0.25) is 5.02 Å². The first-order valence-corrected chi connectivity index (χ1v) is 12.1. The number of aliphatic hydroxyl groups is 3. The summed E-state index contributed by atoms with van der Waals surface area (Å²) in [4.78, 5) is 11.3. The number of nitrogens with zero attached hydrogens (tertiary/aromatic N) is 5. The summed E-state index contributed by atoms with van der Waals surface area (Å²) in [5, 5.41) is 56.6. The highest BCUT2D eigenvalue weighted by Gasteiger charge is 2.48. The third-order valence-electron chi connectivity index (χ3n) is 5.82. The monoisotopic (exact) mass is 635 g/mol. The standard InChI is InChI=1S/C22H18BrClF3N5O7/c23-13-12(5-28)14(9-1-3-10(24)4-2-9)31(19(13)22(25,26)27)8-38-7-11-6-32(30-29-11)20-17(35)15(33)16(34)18(39-20)21(36)37/h1-4,6,15-18,20,33-35H,7-8H2,(H,36,37). The van der Waals surface area contributed by atoms with E-state index >= 15 is 0 Å². The lowest BCUT2D eigenvalue weighted by Gasteiger charge is -2.38. The molecule has 208 valence electrons. The fourth-order valence-corrected chi connectivity index (χ4v) is 4.87. The maximum absolute atomic E-state index is 14.0. The van der Waals surface area contributed by atoms with Gasteiger partial charge in [-0.2, -0.15) is 18.4 Å². The van der Waals surface area contributed by atoms with Crippen molar-refractivity contribution in [1.82, 2.24) is 19.6 Å². The van der Waals surface area contributed by atoms with Gasteiger partial charge >= 0.3 is 12.1 Å². The minimum absolute atomic E-state index is 0.0478. The van der Waals surface area contributed by atoms with Crippen LogP contribution in [-0.4, -0.2) is 70.4 Å². The molecule has 0 saturated carbocycles. The number of alkyl halides is 3. The zero-order valence-electron chi connectivity index (χ0n) is 19.3. The zero-order chi connectivity index (χ0) is 28.6. The van der Waals surface area contributed by atoms with Gasteiger partial charge in [-0.1, -0.05) is 28.9 Å². The van der Waals surface area contributed by atoms with Crippen molar-refractivity contribution in [3.8, 4) is 17.3 Å². The summed E-state index contributed by atoms with van der Waals surface area (Å²) in [6.07, 6.45) is -12.7. The van der Waals surface area contributed by atoms with Crippen molar-refractivity contribution >= 4 is 33.5 Å². The molecule has 0 bridgehead atoms. The molecule has 1 aliphatic rings. The molecule has 1 aliphatic heterocycles. The number of carbonyl (C=O) groups is 1. The Bertz CT molecular complexity index is 1410. The molecule has 0 radical (unpaired) electrons. The molecule has 1 aromatic carbocycles. The highest BCUT2D eigenvalue weighted by molar-refractivity contribution is 9.10. The third kappa shape index (κ3) is 5.65. The zero-order valence-corrected chi connectivity index (χ0v) is 21.7. The van der Waals surface area contributed by atoms with Crippen molar-refractivity contribution in [3.63, 3.8) is 0 Å². The number of halogens is 5. The summed E-state index contributed by atoms with van der Waals surface area (Å²) in [5.74, 6) is -1.59. The van der Waals surface area contributed by atoms with Gasteiger partial charge in [-0.05, 0) is 33.6 Å². The Labute approximate surface area is 230 Å². The quantitative estimate of drug-likeness (QED) is 0.301. The van der Waals surface area contributed by atoms with E-state index in [1.165, 1.54) is 24.3 Å². The average Bonchev–Trinajstić information content (AvgIpc) is 3.44. The van der Waals surface area contributed by atoms with E-state index in [0.717, 1.165) is 15.4 Å². The number of aromatic nitrogens is 4. The topological polar surface area (TPSA) is 176 Å². The number of aliphatic carboxylic acids is 1. The predicted octanol–water partition coefficient (Wildman–Crippen LogP) is 2.29. The highest BCUT2D eigenvalue weighted by Crippen LogP contribution is 2.43. The lowest BCUT2D eigenvalue weighted by Crippen LogP contribution is -2.57. The Balaban J connectivity index is 1.58. The summed E-state index contributed by atoms with van der Waals surface area (Å²) < 4.78 is 53.8. The van der Waals surface area contributed by atoms with Gasteiger partial charge in [-0.25, -0.2) is 9.48 Å². The van der Waals surface area contributed by atoms with E-state index in [-0.39, 0.29) is 22.5 Å². The maximum Gasteiger partial charge on any atom is 0.432 e. The van der Waals surface area contributed by atoms with Crippen LogP contribution >= 0.6 is 27.5 Å². The Hall–Kier alpha value is -3.04. The molecular formula is C22H18BrClF3N5O7. The third-order valence-corrected chi connectivity index (χ3v) is 6.85. The van der Waals surface area contributed by atoms with Crippen molar-refractivity contribution in [1.29, 1.82) is 5.26 Å². The molecule has 39 heavy (non-hydrogen) atoms. The second-order valence-electron chi connectivity index (χ2n) is 8.36. The largest absolute Gasteiger partial charge is 0.479 e. The first-order chi connectivity index (χ1) is 18.3. The number of rotatable bonds is 7. The first-order valence-electron chi connectivity index (χ1n) is 10.9. The fourth-order valence-electron chi connectivity index (χ4n) is 4.03. The van der Waals surface area contributed by atoms with Gasteiger partial charge in [0.1, 0.15) is 42.5 Å². The van der Waals surface area contributed by atoms with Gasteiger partial charge < -0.3 is 34.5 Å². The van der Waals surface area contributed by atoms with Crippen LogP contribution in [0.5, 0.6) is 0 Å². The highest BCUT2D eigenvalue weighted by atomic mass is 79.9. The number of nitriles is 1. The minimum atomic E-state index is -4.86. The van der Waals surface area contributed by atoms with E-state index in [4.69, 9.17) is 21.1 Å². The van der Waals surface area contributed by atoms with Crippen molar-refractivity contribution in [2.45, 2.75) is 50.2 Å². The van der Waals surface area contributed by atoms with Crippen molar-refractivity contribution < 1.29 is 47.9 Å². The van der Waals surface area contributed by atoms with Gasteiger partial charge in [0.05, 0.1) is 28.5 Å². The molecule has 1 fully saturated rings. The molecule has 5 atom stereocenters.